The number of hydrogen-bond donors (Lipinski definition) is 1. The van der Waals surface area contributed by atoms with Crippen LogP contribution in [0, 0.1) is 0 Å². The van der Waals surface area contributed by atoms with Crippen LogP contribution < -0.4 is 11.0 Å². The van der Waals surface area contributed by atoms with Crippen molar-refractivity contribution in [3.63, 3.8) is 0 Å². The molecule has 1 unspecified atom stereocenters. The summed E-state index contributed by atoms with van der Waals surface area (Å²) in [7, 11) is 1.70. The topological polar surface area (TPSA) is 73.1 Å². The quantitative estimate of drug-likeness (QED) is 0.538. The first kappa shape index (κ1) is 18.9. The first-order valence-corrected chi connectivity index (χ1v) is 9.74. The summed E-state index contributed by atoms with van der Waals surface area (Å²) in [5.74, 6) is -0.714. The second-order valence-electron chi connectivity index (χ2n) is 7.41. The van der Waals surface area contributed by atoms with Gasteiger partial charge in [0.15, 0.2) is 0 Å². The van der Waals surface area contributed by atoms with Gasteiger partial charge in [0.25, 0.3) is 0 Å². The van der Waals surface area contributed by atoms with E-state index in [-0.39, 0.29) is 18.0 Å². The minimum atomic E-state index is -0.668. The first-order chi connectivity index (χ1) is 14.0. The molecule has 1 aromatic heterocycles. The summed E-state index contributed by atoms with van der Waals surface area (Å²) in [5.41, 5.74) is 4.52. The van der Waals surface area contributed by atoms with Crippen LogP contribution >= 0.6 is 0 Å². The van der Waals surface area contributed by atoms with Crippen molar-refractivity contribution in [2.45, 2.75) is 31.7 Å². The Morgan fingerprint density at radius 1 is 1.07 bits per heavy atom. The Bertz CT molecular complexity index is 1170. The molecule has 148 valence electrons. The van der Waals surface area contributed by atoms with Crippen LogP contribution in [0.15, 0.2) is 59.9 Å². The van der Waals surface area contributed by atoms with Gasteiger partial charge in [0.1, 0.15) is 6.04 Å². The van der Waals surface area contributed by atoms with Crippen molar-refractivity contribution in [2.75, 3.05) is 0 Å². The molecule has 4 rings (SSSR count). The minimum Gasteiger partial charge on any atom is -0.295 e. The molecule has 2 heterocycles. The molecular formula is C23H23N3O3. The normalized spacial score (nSPS) is 16.8. The van der Waals surface area contributed by atoms with Gasteiger partial charge in [-0.1, -0.05) is 36.4 Å². The van der Waals surface area contributed by atoms with Crippen molar-refractivity contribution in [3.05, 3.63) is 71.2 Å². The van der Waals surface area contributed by atoms with Crippen LogP contribution in [0.25, 0.3) is 22.2 Å². The Kier molecular flexibility index (Phi) is 4.92. The number of carbonyl (C=O) groups is 2. The molecule has 1 saturated heterocycles. The average molecular weight is 389 g/mol. The highest BCUT2D eigenvalue weighted by Gasteiger charge is 2.31. The van der Waals surface area contributed by atoms with Crippen molar-refractivity contribution in [1.29, 1.82) is 0 Å². The van der Waals surface area contributed by atoms with Gasteiger partial charge in [-0.3, -0.25) is 24.0 Å². The molecule has 1 aliphatic heterocycles. The number of fused-ring (bicyclic) bond motifs is 1. The van der Waals surface area contributed by atoms with Crippen LogP contribution in [0.2, 0.25) is 0 Å². The van der Waals surface area contributed by atoms with Gasteiger partial charge in [0.2, 0.25) is 11.8 Å². The zero-order valence-corrected chi connectivity index (χ0v) is 16.4. The fraction of sp³-hybridized carbons (Fsp3) is 0.261. The summed E-state index contributed by atoms with van der Waals surface area (Å²) in [5, 5.41) is 2.33. The molecule has 2 aromatic carbocycles. The summed E-state index contributed by atoms with van der Waals surface area (Å²) in [6.45, 7) is 3.76. The first-order valence-electron chi connectivity index (χ1n) is 9.74. The molecule has 1 N–H and O–H groups in total. The Hall–Kier alpha value is -3.41. The maximum Gasteiger partial charge on any atom is 0.329 e. The molecule has 2 amide bonds. The van der Waals surface area contributed by atoms with Crippen molar-refractivity contribution in [1.82, 2.24) is 14.5 Å². The minimum absolute atomic E-state index is 0.232. The lowest BCUT2D eigenvalue weighted by molar-refractivity contribution is -0.135. The number of nitrogens with one attached hydrogen (secondary N) is 1. The number of piperidine rings is 1. The number of allylic oxidation sites excluding steroid dienone is 1. The van der Waals surface area contributed by atoms with E-state index in [1.54, 1.807) is 11.6 Å². The predicted octanol–water partition coefficient (Wildman–Crippen LogP) is 3.10. The second-order valence-corrected chi connectivity index (χ2v) is 7.41. The number of aromatic nitrogens is 2. The molecule has 0 aliphatic carbocycles. The maximum atomic E-state index is 12.9. The van der Waals surface area contributed by atoms with Crippen molar-refractivity contribution >= 4 is 22.8 Å². The van der Waals surface area contributed by atoms with Gasteiger partial charge >= 0.3 is 5.69 Å². The van der Waals surface area contributed by atoms with E-state index in [0.29, 0.717) is 11.9 Å². The van der Waals surface area contributed by atoms with E-state index < -0.39 is 11.9 Å². The monoisotopic (exact) mass is 389 g/mol. The van der Waals surface area contributed by atoms with E-state index in [2.05, 4.69) is 36.2 Å². The summed E-state index contributed by atoms with van der Waals surface area (Å²) >= 11 is 0. The molecule has 0 saturated carbocycles. The Morgan fingerprint density at radius 2 is 1.79 bits per heavy atom. The number of imidazole rings is 1. The molecular weight excluding hydrogens is 366 g/mol. The Labute approximate surface area is 168 Å². The zero-order chi connectivity index (χ0) is 20.5. The largest absolute Gasteiger partial charge is 0.329 e. The summed E-state index contributed by atoms with van der Waals surface area (Å²) in [6, 6.07) is 13.5. The fourth-order valence-corrected chi connectivity index (χ4v) is 3.91. The van der Waals surface area contributed by atoms with Crippen LogP contribution in [0.5, 0.6) is 0 Å². The third kappa shape index (κ3) is 3.42. The van der Waals surface area contributed by atoms with Crippen LogP contribution in [0.4, 0.5) is 0 Å². The number of hydrogen-bond acceptors (Lipinski definition) is 3. The number of rotatable bonds is 5. The molecule has 6 heteroatoms. The van der Waals surface area contributed by atoms with E-state index in [4.69, 9.17) is 0 Å². The Morgan fingerprint density at radius 3 is 2.48 bits per heavy atom. The average Bonchev–Trinajstić information content (AvgIpc) is 2.97. The van der Waals surface area contributed by atoms with Crippen molar-refractivity contribution < 1.29 is 9.59 Å². The Balaban J connectivity index is 1.73. The van der Waals surface area contributed by atoms with Gasteiger partial charge in [-0.05, 0) is 48.1 Å². The third-order valence-electron chi connectivity index (χ3n) is 5.54. The van der Waals surface area contributed by atoms with Gasteiger partial charge in [-0.15, -0.1) is 6.58 Å². The van der Waals surface area contributed by atoms with Crippen LogP contribution in [-0.4, -0.2) is 20.9 Å². The second kappa shape index (κ2) is 7.54. The lowest BCUT2D eigenvalue weighted by Gasteiger charge is -2.21. The van der Waals surface area contributed by atoms with E-state index in [1.807, 2.05) is 24.3 Å². The zero-order valence-electron chi connectivity index (χ0n) is 16.4. The highest BCUT2D eigenvalue weighted by molar-refractivity contribution is 6.00. The number of benzene rings is 2. The van der Waals surface area contributed by atoms with Crippen LogP contribution in [-0.2, 0) is 23.1 Å². The lowest BCUT2D eigenvalue weighted by atomic mass is 10.0. The van der Waals surface area contributed by atoms with Gasteiger partial charge in [-0.25, -0.2) is 4.79 Å². The van der Waals surface area contributed by atoms with Crippen molar-refractivity contribution in [2.24, 2.45) is 7.05 Å². The highest BCUT2D eigenvalue weighted by atomic mass is 16.2. The van der Waals surface area contributed by atoms with E-state index in [9.17, 15) is 14.4 Å². The van der Waals surface area contributed by atoms with E-state index >= 15 is 0 Å². The third-order valence-corrected chi connectivity index (χ3v) is 5.54. The fourth-order valence-electron chi connectivity index (χ4n) is 3.91. The number of aryl methyl sites for hydroxylation is 2. The molecule has 6 nitrogen and oxygen atoms in total. The van der Waals surface area contributed by atoms with Gasteiger partial charge in [0.05, 0.1) is 11.0 Å². The van der Waals surface area contributed by atoms with Crippen molar-refractivity contribution in [3.8, 4) is 11.1 Å². The van der Waals surface area contributed by atoms with Crippen LogP contribution in [0.3, 0.4) is 0 Å². The van der Waals surface area contributed by atoms with Gasteiger partial charge < -0.3 is 0 Å². The number of nitrogens with zero attached hydrogens (tertiary/aromatic N) is 2. The van der Waals surface area contributed by atoms with Gasteiger partial charge in [0, 0.05) is 13.5 Å². The summed E-state index contributed by atoms with van der Waals surface area (Å²) < 4.78 is 3.06. The molecule has 1 fully saturated rings. The standard InChI is InChI=1S/C23H23N3O3/c1-3-4-5-15-6-8-16(9-7-15)17-10-11-18-20(14-17)25(2)23(29)26(18)19-12-13-21(27)24-22(19)28/h3,6-11,14,19H,1,4-5,12-13H2,2H3,(H,24,27,28). The molecule has 3 aromatic rings. The SMILES string of the molecule is C=CCCc1ccc(-c2ccc3c(c2)n(C)c(=O)n3C2CCC(=O)NC2=O)cc1. The highest BCUT2D eigenvalue weighted by Crippen LogP contribution is 2.27. The lowest BCUT2D eigenvalue weighted by Crippen LogP contribution is -2.44. The molecule has 1 aliphatic rings. The molecule has 0 spiro atoms. The summed E-state index contributed by atoms with van der Waals surface area (Å²) in [6.07, 6.45) is 4.38. The molecule has 0 radical (unpaired) electrons. The molecule has 0 bridgehead atoms. The number of amides is 2. The molecule has 1 atom stereocenters. The molecule has 29 heavy (non-hydrogen) atoms. The maximum absolute atomic E-state index is 12.9. The predicted molar refractivity (Wildman–Crippen MR) is 113 cm³/mol. The summed E-state index contributed by atoms with van der Waals surface area (Å²) in [4.78, 5) is 36.6. The number of carbonyl (C=O) groups excluding carboxylic acids is 2. The smallest absolute Gasteiger partial charge is 0.295 e. The van der Waals surface area contributed by atoms with E-state index in [0.717, 1.165) is 29.5 Å². The van der Waals surface area contributed by atoms with E-state index in [1.165, 1.54) is 10.1 Å². The van der Waals surface area contributed by atoms with Crippen LogP contribution in [0.1, 0.15) is 30.9 Å². The number of imide groups is 1. The van der Waals surface area contributed by atoms with Gasteiger partial charge in [-0.2, -0.15) is 0 Å².